The first-order chi connectivity index (χ1) is 17.5. The highest BCUT2D eigenvalue weighted by atomic mass is 32.1. The Hall–Kier alpha value is -3.01. The molecular weight excluding hydrogens is 474 g/mol. The Bertz CT molecular complexity index is 1200. The smallest absolute Gasteiger partial charge is 0.254 e. The molecule has 2 aromatic rings. The van der Waals surface area contributed by atoms with Gasteiger partial charge in [0.1, 0.15) is 11.3 Å². The van der Waals surface area contributed by atoms with Crippen molar-refractivity contribution in [3.63, 3.8) is 0 Å². The monoisotopic (exact) mass is 509 g/mol. The van der Waals surface area contributed by atoms with Crippen LogP contribution in [0.4, 0.5) is 10.9 Å². The maximum atomic E-state index is 13.3. The number of nitrogens with zero attached hydrogens (tertiary/aromatic N) is 4. The largest absolute Gasteiger partial charge is 0.352 e. The second kappa shape index (κ2) is 10.5. The molecule has 2 fully saturated rings. The van der Waals surface area contributed by atoms with Crippen LogP contribution >= 0.6 is 11.3 Å². The third-order valence-corrected chi connectivity index (χ3v) is 8.41. The maximum Gasteiger partial charge on any atom is 0.254 e. The predicted molar refractivity (Wildman–Crippen MR) is 143 cm³/mol. The Kier molecular flexibility index (Phi) is 7.22. The number of hydrogen-bond donors (Lipinski definition) is 3. The summed E-state index contributed by atoms with van der Waals surface area (Å²) >= 11 is 1.57. The van der Waals surface area contributed by atoms with Crippen molar-refractivity contribution in [3.05, 3.63) is 34.1 Å². The first kappa shape index (κ1) is 24.7. The average molecular weight is 510 g/mol. The lowest BCUT2D eigenvalue weighted by Crippen LogP contribution is -2.28. The van der Waals surface area contributed by atoms with Gasteiger partial charge in [0.2, 0.25) is 11.9 Å². The normalized spacial score (nSPS) is 20.1. The molecule has 2 amide bonds. The van der Waals surface area contributed by atoms with E-state index in [0.717, 1.165) is 49.1 Å². The number of rotatable bonds is 10. The zero-order valence-electron chi connectivity index (χ0n) is 21.3. The second-order valence-corrected chi connectivity index (χ2v) is 11.2. The van der Waals surface area contributed by atoms with Gasteiger partial charge in [0.05, 0.1) is 5.56 Å². The Morgan fingerprint density at radius 3 is 2.72 bits per heavy atom. The van der Waals surface area contributed by atoms with Crippen molar-refractivity contribution in [2.45, 2.75) is 71.3 Å². The Labute approximate surface area is 215 Å². The number of thiophene rings is 1. The molecule has 2 heterocycles. The standard InChI is InChI=1S/C26H35N7O2S/c1-4-18(27-3)11-15(2)30-26-32-29-14-33(26)19-9-10-21-20(12-19)22(24(35)28-13-16-5-6-16)25(36-21)31-23(34)17-7-8-17/h11,14,16-17,19H,4-10,12-13H2,1-3H3,(H,28,35)(H,30,32)(H,31,34)/b15-11+,27-18?/t19-/m0/s1. The minimum atomic E-state index is -0.0713. The lowest BCUT2D eigenvalue weighted by molar-refractivity contribution is -0.117. The van der Waals surface area contributed by atoms with Gasteiger partial charge >= 0.3 is 0 Å². The number of aryl methyl sites for hydroxylation is 1. The van der Waals surface area contributed by atoms with Gasteiger partial charge in [-0.2, -0.15) is 0 Å². The van der Waals surface area contributed by atoms with Crippen LogP contribution in [0, 0.1) is 11.8 Å². The number of aromatic nitrogens is 3. The van der Waals surface area contributed by atoms with Crippen LogP contribution in [0.25, 0.3) is 0 Å². The molecule has 2 aromatic heterocycles. The van der Waals surface area contributed by atoms with E-state index in [9.17, 15) is 9.59 Å². The van der Waals surface area contributed by atoms with Crippen molar-refractivity contribution in [3.8, 4) is 0 Å². The zero-order valence-corrected chi connectivity index (χ0v) is 22.1. The first-order valence-corrected chi connectivity index (χ1v) is 13.8. The van der Waals surface area contributed by atoms with Crippen LogP contribution < -0.4 is 16.0 Å². The van der Waals surface area contributed by atoms with E-state index >= 15 is 0 Å². The molecule has 0 aliphatic heterocycles. The van der Waals surface area contributed by atoms with Gasteiger partial charge in [-0.05, 0) is 75.8 Å². The summed E-state index contributed by atoms with van der Waals surface area (Å²) in [5.74, 6) is 1.33. The number of hydrogen-bond acceptors (Lipinski definition) is 7. The lowest BCUT2D eigenvalue weighted by Gasteiger charge is -2.25. The van der Waals surface area contributed by atoms with Crippen molar-refractivity contribution >= 4 is 39.8 Å². The second-order valence-electron chi connectivity index (χ2n) is 10.1. The van der Waals surface area contributed by atoms with E-state index in [2.05, 4.69) is 42.6 Å². The van der Waals surface area contributed by atoms with E-state index in [1.54, 1.807) is 24.7 Å². The van der Waals surface area contributed by atoms with Gasteiger partial charge in [0.15, 0.2) is 0 Å². The molecule has 9 nitrogen and oxygen atoms in total. The van der Waals surface area contributed by atoms with E-state index in [4.69, 9.17) is 0 Å². The summed E-state index contributed by atoms with van der Waals surface area (Å²) in [7, 11) is 1.80. The van der Waals surface area contributed by atoms with E-state index in [-0.39, 0.29) is 23.8 Å². The van der Waals surface area contributed by atoms with Gasteiger partial charge < -0.3 is 16.0 Å². The van der Waals surface area contributed by atoms with Crippen LogP contribution in [0.15, 0.2) is 23.1 Å². The molecule has 0 unspecified atom stereocenters. The zero-order chi connectivity index (χ0) is 25.2. The average Bonchev–Trinajstić information content (AvgIpc) is 3.80. The van der Waals surface area contributed by atoms with E-state index in [1.807, 2.05) is 13.0 Å². The molecule has 3 N–H and O–H groups in total. The third-order valence-electron chi connectivity index (χ3n) is 7.20. The molecule has 0 radical (unpaired) electrons. The van der Waals surface area contributed by atoms with Gasteiger partial charge in [0.25, 0.3) is 5.91 Å². The van der Waals surface area contributed by atoms with Crippen LogP contribution in [0.1, 0.15) is 79.2 Å². The Morgan fingerprint density at radius 1 is 1.22 bits per heavy atom. The molecule has 5 rings (SSSR count). The summed E-state index contributed by atoms with van der Waals surface area (Å²) in [6.45, 7) is 4.78. The minimum absolute atomic E-state index is 0.0380. The van der Waals surface area contributed by atoms with Crippen molar-refractivity contribution in [1.29, 1.82) is 0 Å². The molecule has 10 heteroatoms. The number of nitrogens with one attached hydrogen (secondary N) is 3. The van der Waals surface area contributed by atoms with E-state index in [0.29, 0.717) is 35.4 Å². The van der Waals surface area contributed by atoms with Crippen LogP contribution in [0.2, 0.25) is 0 Å². The highest BCUT2D eigenvalue weighted by molar-refractivity contribution is 7.17. The number of amides is 2. The Morgan fingerprint density at radius 2 is 2.03 bits per heavy atom. The quantitative estimate of drug-likeness (QED) is 0.412. The molecule has 3 aliphatic carbocycles. The number of anilines is 2. The summed E-state index contributed by atoms with van der Waals surface area (Å²) in [6.07, 6.45) is 11.3. The van der Waals surface area contributed by atoms with E-state index in [1.165, 1.54) is 17.7 Å². The number of carbonyl (C=O) groups is 2. The molecule has 192 valence electrons. The van der Waals surface area contributed by atoms with Crippen molar-refractivity contribution < 1.29 is 9.59 Å². The van der Waals surface area contributed by atoms with Crippen LogP contribution in [-0.2, 0) is 17.6 Å². The van der Waals surface area contributed by atoms with Crippen molar-refractivity contribution in [2.75, 3.05) is 24.2 Å². The first-order valence-electron chi connectivity index (χ1n) is 13.0. The SMILES string of the molecule is CCC(/C=C(\C)Nc1nncn1[C@H]1CCc2sc(NC(=O)C3CC3)c(C(=O)NCC3CC3)c2C1)=NC. The molecule has 0 saturated heterocycles. The summed E-state index contributed by atoms with van der Waals surface area (Å²) in [5, 5.41) is 18.8. The highest BCUT2D eigenvalue weighted by Gasteiger charge is 2.35. The third kappa shape index (κ3) is 5.53. The summed E-state index contributed by atoms with van der Waals surface area (Å²) in [5.41, 5.74) is 3.66. The van der Waals surface area contributed by atoms with Crippen LogP contribution in [-0.4, -0.2) is 45.9 Å². The number of aliphatic imine (C=N–C) groups is 1. The van der Waals surface area contributed by atoms with Gasteiger partial charge in [-0.15, -0.1) is 21.5 Å². The summed E-state index contributed by atoms with van der Waals surface area (Å²) in [6, 6.07) is 0.116. The van der Waals surface area contributed by atoms with E-state index < -0.39 is 0 Å². The fraction of sp³-hybridized carbons (Fsp3) is 0.577. The van der Waals surface area contributed by atoms with Gasteiger partial charge in [-0.25, -0.2) is 0 Å². The Balaban J connectivity index is 1.38. The predicted octanol–water partition coefficient (Wildman–Crippen LogP) is 4.35. The molecule has 3 aliphatic rings. The fourth-order valence-electron chi connectivity index (χ4n) is 4.72. The molecule has 36 heavy (non-hydrogen) atoms. The van der Waals surface area contributed by atoms with Crippen molar-refractivity contribution in [1.82, 2.24) is 20.1 Å². The lowest BCUT2D eigenvalue weighted by atomic mass is 9.91. The fourth-order valence-corrected chi connectivity index (χ4v) is 5.97. The topological polar surface area (TPSA) is 113 Å². The van der Waals surface area contributed by atoms with Gasteiger partial charge in [0, 0.05) is 41.8 Å². The molecule has 0 bridgehead atoms. The highest BCUT2D eigenvalue weighted by Crippen LogP contribution is 2.42. The van der Waals surface area contributed by atoms with Gasteiger partial charge in [-0.3, -0.25) is 19.1 Å². The number of carbonyl (C=O) groups excluding carboxylic acids is 2. The summed E-state index contributed by atoms with van der Waals surface area (Å²) in [4.78, 5) is 31.4. The molecule has 0 aromatic carbocycles. The number of allylic oxidation sites excluding steroid dienone is 2. The summed E-state index contributed by atoms with van der Waals surface area (Å²) < 4.78 is 2.07. The van der Waals surface area contributed by atoms with Crippen molar-refractivity contribution in [2.24, 2.45) is 16.8 Å². The number of fused-ring (bicyclic) bond motifs is 1. The minimum Gasteiger partial charge on any atom is -0.352 e. The maximum absolute atomic E-state index is 13.3. The van der Waals surface area contributed by atoms with Crippen LogP contribution in [0.3, 0.4) is 0 Å². The molecule has 2 saturated carbocycles. The molecule has 0 spiro atoms. The van der Waals surface area contributed by atoms with Crippen LogP contribution in [0.5, 0.6) is 0 Å². The molecular formula is C26H35N7O2S. The molecule has 1 atom stereocenters. The van der Waals surface area contributed by atoms with Gasteiger partial charge in [-0.1, -0.05) is 6.92 Å².